The van der Waals surface area contributed by atoms with Crippen LogP contribution in [0.5, 0.6) is 0 Å². The molecule has 0 aliphatic carbocycles. The van der Waals surface area contributed by atoms with Crippen LogP contribution in [0.15, 0.2) is 53.6 Å². The van der Waals surface area contributed by atoms with Crippen LogP contribution >= 0.6 is 0 Å². The van der Waals surface area contributed by atoms with Crippen molar-refractivity contribution in [3.05, 3.63) is 59.9 Å². The molecule has 0 atom stereocenters. The van der Waals surface area contributed by atoms with Crippen LogP contribution in [0.1, 0.15) is 35.8 Å². The molecule has 7 nitrogen and oxygen atoms in total. The van der Waals surface area contributed by atoms with E-state index in [1.165, 1.54) is 16.4 Å². The molecule has 0 bridgehead atoms. The fourth-order valence-corrected chi connectivity index (χ4v) is 5.66. The number of carboxylic acids is 1. The number of likely N-dealkylation sites (tertiary alicyclic amines) is 1. The van der Waals surface area contributed by atoms with Gasteiger partial charge in [-0.1, -0.05) is 25.1 Å². The van der Waals surface area contributed by atoms with Gasteiger partial charge in [0.05, 0.1) is 10.5 Å². The van der Waals surface area contributed by atoms with E-state index < -0.39 is 16.0 Å². The first-order valence-corrected chi connectivity index (χ1v) is 11.3. The molecule has 1 saturated heterocycles. The number of hydrogen-bond acceptors (Lipinski definition) is 5. The minimum Gasteiger partial charge on any atom is -0.478 e. The zero-order valence-electron chi connectivity index (χ0n) is 16.6. The Kier molecular flexibility index (Phi) is 7.00. The van der Waals surface area contributed by atoms with Gasteiger partial charge in [0.2, 0.25) is 10.0 Å². The van der Waals surface area contributed by atoms with Gasteiger partial charge in [0.15, 0.2) is 0 Å². The fourth-order valence-electron chi connectivity index (χ4n) is 3.79. The summed E-state index contributed by atoms with van der Waals surface area (Å²) < 4.78 is 28.6. The molecule has 1 fully saturated rings. The Labute approximate surface area is 172 Å². The molecule has 3 rings (SSSR count). The highest BCUT2D eigenvalue weighted by molar-refractivity contribution is 7.89. The van der Waals surface area contributed by atoms with E-state index in [1.54, 1.807) is 18.3 Å². The Balaban J connectivity index is 1.92. The molecule has 2 heterocycles. The van der Waals surface area contributed by atoms with Crippen molar-refractivity contribution in [2.75, 3.05) is 26.2 Å². The summed E-state index contributed by atoms with van der Waals surface area (Å²) in [5.41, 5.74) is 0.617. The van der Waals surface area contributed by atoms with Crippen molar-refractivity contribution in [3.8, 4) is 0 Å². The van der Waals surface area contributed by atoms with Gasteiger partial charge in [-0.15, -0.1) is 0 Å². The lowest BCUT2D eigenvalue weighted by molar-refractivity contribution is 0.0692. The summed E-state index contributed by atoms with van der Waals surface area (Å²) in [5, 5.41) is 9.50. The van der Waals surface area contributed by atoms with Gasteiger partial charge in [0.25, 0.3) is 0 Å². The Morgan fingerprint density at radius 2 is 1.86 bits per heavy atom. The highest BCUT2D eigenvalue weighted by atomic mass is 32.2. The molecule has 29 heavy (non-hydrogen) atoms. The summed E-state index contributed by atoms with van der Waals surface area (Å²) >= 11 is 0. The number of benzene rings is 1. The summed E-state index contributed by atoms with van der Waals surface area (Å²) in [7, 11) is -3.96. The van der Waals surface area contributed by atoms with Crippen LogP contribution in [-0.2, 0) is 16.4 Å². The van der Waals surface area contributed by atoms with Gasteiger partial charge in [-0.05, 0) is 56.7 Å². The van der Waals surface area contributed by atoms with E-state index in [9.17, 15) is 18.3 Å². The molecular weight excluding hydrogens is 390 g/mol. The Morgan fingerprint density at radius 3 is 2.48 bits per heavy atom. The van der Waals surface area contributed by atoms with Crippen LogP contribution in [0.3, 0.4) is 0 Å². The molecule has 1 aliphatic heterocycles. The summed E-state index contributed by atoms with van der Waals surface area (Å²) in [4.78, 5) is 18.1. The van der Waals surface area contributed by atoms with E-state index in [1.807, 2.05) is 18.2 Å². The van der Waals surface area contributed by atoms with Crippen LogP contribution in [0, 0.1) is 0 Å². The average Bonchev–Trinajstić information content (AvgIpc) is 2.75. The van der Waals surface area contributed by atoms with Gasteiger partial charge in [-0.2, -0.15) is 4.31 Å². The van der Waals surface area contributed by atoms with Crippen molar-refractivity contribution < 1.29 is 18.3 Å². The summed E-state index contributed by atoms with van der Waals surface area (Å²) in [6, 6.07) is 11.2. The number of sulfonamides is 1. The molecule has 2 aromatic rings. The van der Waals surface area contributed by atoms with E-state index in [-0.39, 0.29) is 23.0 Å². The molecule has 0 unspecified atom stereocenters. The number of hydrogen-bond donors (Lipinski definition) is 1. The maximum absolute atomic E-state index is 13.6. The van der Waals surface area contributed by atoms with E-state index >= 15 is 0 Å². The molecule has 0 radical (unpaired) electrons. The molecule has 1 aromatic carbocycles. The molecule has 156 valence electrons. The smallest absolute Gasteiger partial charge is 0.337 e. The van der Waals surface area contributed by atoms with Crippen LogP contribution in [0.4, 0.5) is 0 Å². The lowest BCUT2D eigenvalue weighted by Crippen LogP contribution is -2.48. The van der Waals surface area contributed by atoms with E-state index in [2.05, 4.69) is 16.8 Å². The quantitative estimate of drug-likeness (QED) is 0.710. The summed E-state index contributed by atoms with van der Waals surface area (Å²) in [6.45, 7) is 4.97. The number of carbonyl (C=O) groups is 1. The lowest BCUT2D eigenvalue weighted by atomic mass is 10.0. The molecular formula is C21H27N3O4S. The molecule has 0 spiro atoms. The van der Waals surface area contributed by atoms with Crippen molar-refractivity contribution >= 4 is 16.0 Å². The highest BCUT2D eigenvalue weighted by Crippen LogP contribution is 2.27. The molecule has 1 N–H and O–H groups in total. The predicted molar refractivity (Wildman–Crippen MR) is 110 cm³/mol. The van der Waals surface area contributed by atoms with E-state index in [0.29, 0.717) is 6.42 Å². The lowest BCUT2D eigenvalue weighted by Gasteiger charge is -2.37. The SMILES string of the molecule is CCN1CCC(N(CCc2ccccn2)S(=O)(=O)c2ccccc2C(=O)O)CC1. The maximum Gasteiger partial charge on any atom is 0.337 e. The minimum absolute atomic E-state index is 0.147. The topological polar surface area (TPSA) is 90.8 Å². The van der Waals surface area contributed by atoms with Gasteiger partial charge >= 0.3 is 5.97 Å². The zero-order chi connectivity index (χ0) is 20.9. The number of carboxylic acid groups (broad SMARTS) is 1. The van der Waals surface area contributed by atoms with Crippen molar-refractivity contribution in [2.24, 2.45) is 0 Å². The standard InChI is InChI=1S/C21H27N3O4S/c1-2-23-14-11-18(12-15-23)24(16-10-17-7-5-6-13-22-17)29(27,28)20-9-4-3-8-19(20)21(25)26/h3-9,13,18H,2,10-12,14-16H2,1H3,(H,25,26). The van der Waals surface area contributed by atoms with Crippen LogP contribution in [-0.4, -0.2) is 65.9 Å². The second-order valence-corrected chi connectivity index (χ2v) is 9.01. The molecule has 0 amide bonds. The van der Waals surface area contributed by atoms with Gasteiger partial charge in [-0.25, -0.2) is 13.2 Å². The second-order valence-electron chi connectivity index (χ2n) is 7.15. The first kappa shape index (κ1) is 21.4. The highest BCUT2D eigenvalue weighted by Gasteiger charge is 2.35. The number of aromatic nitrogens is 1. The normalized spacial score (nSPS) is 16.2. The number of rotatable bonds is 8. The van der Waals surface area contributed by atoms with Crippen molar-refractivity contribution in [2.45, 2.75) is 37.1 Å². The van der Waals surface area contributed by atoms with Crippen molar-refractivity contribution in [1.82, 2.24) is 14.2 Å². The van der Waals surface area contributed by atoms with Gasteiger partial charge in [0.1, 0.15) is 0 Å². The minimum atomic E-state index is -3.96. The van der Waals surface area contributed by atoms with Crippen LogP contribution in [0.25, 0.3) is 0 Å². The Bertz CT molecular complexity index is 926. The molecule has 1 aromatic heterocycles. The zero-order valence-corrected chi connectivity index (χ0v) is 17.4. The number of nitrogens with zero attached hydrogens (tertiary/aromatic N) is 3. The number of piperidine rings is 1. The second kappa shape index (κ2) is 9.47. The number of pyridine rings is 1. The van der Waals surface area contributed by atoms with Crippen molar-refractivity contribution in [1.29, 1.82) is 0 Å². The maximum atomic E-state index is 13.6. The molecule has 1 aliphatic rings. The van der Waals surface area contributed by atoms with Crippen molar-refractivity contribution in [3.63, 3.8) is 0 Å². The summed E-state index contributed by atoms with van der Waals surface area (Å²) in [5.74, 6) is -1.24. The predicted octanol–water partition coefficient (Wildman–Crippen LogP) is 2.50. The third kappa shape index (κ3) is 5.01. The third-order valence-electron chi connectivity index (χ3n) is 5.43. The van der Waals surface area contributed by atoms with Gasteiger partial charge < -0.3 is 10.0 Å². The molecule has 0 saturated carbocycles. The number of aromatic carboxylic acids is 1. The fraction of sp³-hybridized carbons (Fsp3) is 0.429. The van der Waals surface area contributed by atoms with E-state index in [4.69, 9.17) is 0 Å². The summed E-state index contributed by atoms with van der Waals surface area (Å²) in [6.07, 6.45) is 3.62. The first-order valence-electron chi connectivity index (χ1n) is 9.90. The van der Waals surface area contributed by atoms with Gasteiger partial charge in [0, 0.05) is 30.9 Å². The monoisotopic (exact) mass is 417 g/mol. The van der Waals surface area contributed by atoms with Crippen LogP contribution in [0.2, 0.25) is 0 Å². The third-order valence-corrected chi connectivity index (χ3v) is 7.44. The molecule has 8 heteroatoms. The van der Waals surface area contributed by atoms with E-state index in [0.717, 1.165) is 38.2 Å². The Hall–Kier alpha value is -2.29. The van der Waals surface area contributed by atoms with Gasteiger partial charge in [-0.3, -0.25) is 4.98 Å². The largest absolute Gasteiger partial charge is 0.478 e. The first-order chi connectivity index (χ1) is 13.9. The Morgan fingerprint density at radius 1 is 1.17 bits per heavy atom. The van der Waals surface area contributed by atoms with Crippen LogP contribution < -0.4 is 0 Å². The average molecular weight is 418 g/mol.